The number of fused-ring (bicyclic) bond motifs is 20. The quantitative estimate of drug-likeness (QED) is 0.124. The zero-order valence-corrected chi connectivity index (χ0v) is 48.1. The van der Waals surface area contributed by atoms with Crippen molar-refractivity contribution < 1.29 is 0 Å². The summed E-state index contributed by atoms with van der Waals surface area (Å²) in [5, 5.41) is 2.26. The van der Waals surface area contributed by atoms with Gasteiger partial charge in [-0.15, -0.1) is 0 Å². The maximum absolute atomic E-state index is 7.02. The van der Waals surface area contributed by atoms with Crippen molar-refractivity contribution >= 4 is 244 Å². The largest absolute Gasteiger partial charge is 0.280 e. The summed E-state index contributed by atoms with van der Waals surface area (Å²) in [6.45, 7) is 2.01. The number of nitrogens with zero attached hydrogens (tertiary/aromatic N) is 4. The van der Waals surface area contributed by atoms with Crippen LogP contribution in [-0.4, -0.2) is 22.8 Å². The van der Waals surface area contributed by atoms with E-state index >= 15 is 0 Å². The normalized spacial score (nSPS) is 21.7. The zero-order valence-electron chi connectivity index (χ0n) is 27.6. The van der Waals surface area contributed by atoms with E-state index in [4.69, 9.17) is 66.4 Å². The number of aliphatic imine (C=N–C) groups is 4. The van der Waals surface area contributed by atoms with Crippen molar-refractivity contribution in [3.63, 3.8) is 0 Å². The summed E-state index contributed by atoms with van der Waals surface area (Å²) in [4.78, 5) is 22.4. The van der Waals surface area contributed by atoms with E-state index in [0.717, 1.165) is 122 Å². The van der Waals surface area contributed by atoms with Crippen LogP contribution in [0.3, 0.4) is 0 Å². The van der Waals surface area contributed by atoms with Crippen LogP contribution in [0, 0.1) is 6.92 Å². The van der Waals surface area contributed by atoms with Crippen LogP contribution in [0.2, 0.25) is 20.1 Å². The second-order valence-electron chi connectivity index (χ2n) is 13.7. The van der Waals surface area contributed by atoms with Crippen LogP contribution in [0.4, 0.5) is 0 Å². The molecule has 0 saturated carbocycles. The van der Waals surface area contributed by atoms with Crippen molar-refractivity contribution in [2.75, 3.05) is 0 Å². The topological polar surface area (TPSA) is 49.4 Å². The molecule has 0 saturated heterocycles. The van der Waals surface area contributed by atoms with Crippen LogP contribution in [0.25, 0.3) is 0 Å². The Labute approximate surface area is 434 Å². The predicted octanol–water partition coefficient (Wildman–Crippen LogP) is 19.0. The lowest BCUT2D eigenvalue weighted by atomic mass is 10.0. The van der Waals surface area contributed by atoms with Crippen LogP contribution in [0.5, 0.6) is 0 Å². The lowest BCUT2D eigenvalue weighted by Gasteiger charge is -2.16. The van der Waals surface area contributed by atoms with E-state index in [-0.39, 0.29) is 24.2 Å². The Hall–Kier alpha value is 2.00. The number of rotatable bonds is 0. The van der Waals surface area contributed by atoms with Gasteiger partial charge < -0.3 is 0 Å². The molecule has 288 valence electrons. The SMILES string of the molecule is Cc1c(Cl)c(Br)c2c(c1Br)C1CC2=NC2CC(=NC3CC(=NC4CC(=N1)c1c(Br)c(Cl)c(Br)c(Br)c14)c1c(Br)c(Cl)c(Br)c(Br)c13)c1c(Br)c(Cl)c(Br)c(Br)c12. The molecule has 8 bridgehead atoms. The highest BCUT2D eigenvalue weighted by atomic mass is 79.9. The smallest absolute Gasteiger partial charge is 0.0826 e. The van der Waals surface area contributed by atoms with Gasteiger partial charge in [0.25, 0.3) is 0 Å². The zero-order chi connectivity index (χ0) is 40.1. The Morgan fingerprint density at radius 3 is 0.839 bits per heavy atom. The maximum atomic E-state index is 7.02. The summed E-state index contributed by atoms with van der Waals surface area (Å²) in [6, 6.07) is -1.23. The molecule has 0 fully saturated rings. The third-order valence-electron chi connectivity index (χ3n) is 10.8. The van der Waals surface area contributed by atoms with Gasteiger partial charge in [-0.05, 0) is 172 Å². The lowest BCUT2D eigenvalue weighted by Crippen LogP contribution is -2.04. The fraction of sp³-hybridized carbons (Fsp3) is 0.243. The minimum Gasteiger partial charge on any atom is -0.280 e. The van der Waals surface area contributed by atoms with Gasteiger partial charge in [0, 0.05) is 129 Å². The second-order valence-corrected chi connectivity index (χ2v) is 23.9. The first-order valence-corrected chi connectivity index (χ1v) is 26.7. The van der Waals surface area contributed by atoms with Crippen LogP contribution in [-0.2, 0) is 0 Å². The van der Waals surface area contributed by atoms with Gasteiger partial charge >= 0.3 is 0 Å². The van der Waals surface area contributed by atoms with E-state index in [2.05, 4.69) is 175 Å². The van der Waals surface area contributed by atoms with Gasteiger partial charge in [-0.3, -0.25) is 20.0 Å². The Balaban J connectivity index is 1.40. The van der Waals surface area contributed by atoms with Crippen LogP contribution in [0.15, 0.2) is 69.2 Å². The first kappa shape index (κ1) is 43.3. The molecule has 1 heterocycles. The average molecular weight is 1540 g/mol. The van der Waals surface area contributed by atoms with E-state index in [0.29, 0.717) is 45.8 Å². The molecule has 19 heteroatoms. The van der Waals surface area contributed by atoms with Crippen molar-refractivity contribution in [1.29, 1.82) is 0 Å². The molecule has 0 aromatic heterocycles. The highest BCUT2D eigenvalue weighted by molar-refractivity contribution is 9.14. The monoisotopic (exact) mass is 1520 g/mol. The van der Waals surface area contributed by atoms with Crippen molar-refractivity contribution in [2.45, 2.75) is 56.8 Å². The molecule has 4 unspecified atom stereocenters. The average Bonchev–Trinajstić information content (AvgIpc) is 3.92. The minimum absolute atomic E-state index is 0.292. The maximum Gasteiger partial charge on any atom is 0.0826 e. The molecule has 1 aliphatic heterocycles. The summed E-state index contributed by atoms with van der Waals surface area (Å²) >= 11 is 70.3. The second kappa shape index (κ2) is 15.9. The van der Waals surface area contributed by atoms with Crippen LogP contribution >= 0.6 is 222 Å². The summed E-state index contributed by atoms with van der Waals surface area (Å²) in [6.07, 6.45) is 2.13. The Bertz CT molecular complexity index is 2350. The van der Waals surface area contributed by atoms with E-state index in [1.165, 1.54) is 0 Å². The van der Waals surface area contributed by atoms with E-state index in [1.54, 1.807) is 0 Å². The molecule has 56 heavy (non-hydrogen) atoms. The molecule has 4 nitrogen and oxygen atoms in total. The molecular weight excluding hydrogens is 1520 g/mol. The Morgan fingerprint density at radius 2 is 0.571 bits per heavy atom. The predicted molar refractivity (Wildman–Crippen MR) is 271 cm³/mol. The van der Waals surface area contributed by atoms with Crippen molar-refractivity contribution in [1.82, 2.24) is 0 Å². The Morgan fingerprint density at radius 1 is 0.339 bits per heavy atom. The van der Waals surface area contributed by atoms with Gasteiger partial charge in [-0.1, -0.05) is 62.3 Å². The molecule has 9 rings (SSSR count). The van der Waals surface area contributed by atoms with E-state index in [1.807, 2.05) is 6.92 Å². The van der Waals surface area contributed by atoms with Crippen molar-refractivity contribution in [3.8, 4) is 0 Å². The third kappa shape index (κ3) is 6.45. The fourth-order valence-electron chi connectivity index (χ4n) is 8.34. The van der Waals surface area contributed by atoms with Crippen molar-refractivity contribution in [3.05, 3.63) is 119 Å². The van der Waals surface area contributed by atoms with Gasteiger partial charge in [-0.25, -0.2) is 0 Å². The van der Waals surface area contributed by atoms with Gasteiger partial charge in [0.15, 0.2) is 0 Å². The van der Waals surface area contributed by atoms with Gasteiger partial charge in [0.1, 0.15) is 0 Å². The standard InChI is InChI=1S/C37H15Br11Cl4N4/c1-6-23(38)15-7-2-11(19(15)27(42)34(6)49)54-8-4-13(21-16(8)24(39)31(46)36(51)29(21)44)56-10-5-14(22-18(10)26(41)33(48)37(52)30(22)45)55-9-3-12(53-7)20-17(9)25(40)32(47)35(50)28(20)43/h7-10H,2-5H2,1H3. The van der Waals surface area contributed by atoms with Gasteiger partial charge in [0.2, 0.25) is 0 Å². The first-order valence-electron chi connectivity index (χ1n) is 16.5. The molecule has 4 aromatic rings. The minimum atomic E-state index is -0.317. The molecule has 5 aliphatic rings. The summed E-state index contributed by atoms with van der Waals surface area (Å²) in [5.41, 5.74) is 12.1. The van der Waals surface area contributed by atoms with Gasteiger partial charge in [0.05, 0.1) is 57.7 Å². The number of halogens is 15. The van der Waals surface area contributed by atoms with Crippen molar-refractivity contribution in [2.24, 2.45) is 20.0 Å². The molecule has 0 radical (unpaired) electrons. The highest BCUT2D eigenvalue weighted by Crippen LogP contribution is 2.57. The third-order valence-corrected chi connectivity index (χ3v) is 24.6. The van der Waals surface area contributed by atoms with Gasteiger partial charge in [-0.2, -0.15) is 0 Å². The van der Waals surface area contributed by atoms with Crippen LogP contribution in [0.1, 0.15) is 99.9 Å². The van der Waals surface area contributed by atoms with E-state index in [9.17, 15) is 0 Å². The first-order chi connectivity index (χ1) is 26.4. The molecular formula is C37H15Br11Cl4N4. The number of hydrogen-bond acceptors (Lipinski definition) is 4. The summed E-state index contributed by atoms with van der Waals surface area (Å²) in [5.74, 6) is 0. The molecule has 4 aliphatic carbocycles. The highest BCUT2D eigenvalue weighted by Gasteiger charge is 2.43. The molecule has 4 atom stereocenters. The number of hydrogen-bond donors (Lipinski definition) is 0. The van der Waals surface area contributed by atoms with Crippen LogP contribution < -0.4 is 0 Å². The molecule has 0 amide bonds. The molecule has 4 aromatic carbocycles. The Kier molecular flexibility index (Phi) is 12.3. The number of benzene rings is 4. The fourth-order valence-corrected chi connectivity index (χ4v) is 16.9. The summed E-state index contributed by atoms with van der Waals surface area (Å²) in [7, 11) is 0. The molecule has 0 spiro atoms. The summed E-state index contributed by atoms with van der Waals surface area (Å²) < 4.78 is 8.65. The lowest BCUT2D eigenvalue weighted by molar-refractivity contribution is 0.735. The van der Waals surface area contributed by atoms with E-state index < -0.39 is 0 Å². The molecule has 0 N–H and O–H groups in total.